The van der Waals surface area contributed by atoms with E-state index in [0.29, 0.717) is 11.8 Å². The van der Waals surface area contributed by atoms with E-state index >= 15 is 0 Å². The summed E-state index contributed by atoms with van der Waals surface area (Å²) >= 11 is 0. The Balaban J connectivity index is 3.01. The number of nitrogens with zero attached hydrogens (tertiary/aromatic N) is 2. The highest BCUT2D eigenvalue weighted by molar-refractivity contribution is 5.13. The zero-order valence-corrected chi connectivity index (χ0v) is 9.13. The van der Waals surface area contributed by atoms with Gasteiger partial charge in [-0.2, -0.15) is 0 Å². The molecule has 0 saturated carbocycles. The standard InChI is InChI=1S/C11H18N2/c1-7(2)9(4)11-6-8(3)12-10(5)13-11/h6-7,9H,1-5H3. The molecule has 0 fully saturated rings. The number of hydrogen-bond acceptors (Lipinski definition) is 2. The lowest BCUT2D eigenvalue weighted by molar-refractivity contribution is 0.521. The lowest BCUT2D eigenvalue weighted by atomic mass is 9.94. The Bertz CT molecular complexity index is 272. The second kappa shape index (κ2) is 3.86. The van der Waals surface area contributed by atoms with E-state index in [9.17, 15) is 0 Å². The number of aryl methyl sites for hydroxylation is 2. The molecule has 0 aromatic carbocycles. The van der Waals surface area contributed by atoms with Gasteiger partial charge in [0.15, 0.2) is 0 Å². The molecule has 0 radical (unpaired) electrons. The van der Waals surface area contributed by atoms with Crippen molar-refractivity contribution in [1.29, 1.82) is 0 Å². The Hall–Kier alpha value is -0.920. The molecule has 1 atom stereocenters. The third-order valence-corrected chi connectivity index (χ3v) is 2.45. The molecule has 1 rings (SSSR count). The van der Waals surface area contributed by atoms with Crippen molar-refractivity contribution in [2.24, 2.45) is 5.92 Å². The van der Waals surface area contributed by atoms with Gasteiger partial charge in [0.25, 0.3) is 0 Å². The van der Waals surface area contributed by atoms with Crippen LogP contribution in [-0.4, -0.2) is 9.97 Å². The van der Waals surface area contributed by atoms with Gasteiger partial charge in [0, 0.05) is 17.3 Å². The van der Waals surface area contributed by atoms with Gasteiger partial charge in [0.1, 0.15) is 5.82 Å². The van der Waals surface area contributed by atoms with Gasteiger partial charge in [0.2, 0.25) is 0 Å². The van der Waals surface area contributed by atoms with Crippen LogP contribution in [0.3, 0.4) is 0 Å². The van der Waals surface area contributed by atoms with Crippen molar-refractivity contribution in [2.45, 2.75) is 40.5 Å². The summed E-state index contributed by atoms with van der Waals surface area (Å²) in [6, 6.07) is 2.08. The molecule has 0 aliphatic carbocycles. The maximum absolute atomic E-state index is 4.44. The Labute approximate surface area is 80.4 Å². The topological polar surface area (TPSA) is 25.8 Å². The first-order valence-electron chi connectivity index (χ1n) is 4.83. The van der Waals surface area contributed by atoms with Crippen LogP contribution in [0.4, 0.5) is 0 Å². The summed E-state index contributed by atoms with van der Waals surface area (Å²) in [5.41, 5.74) is 2.23. The minimum atomic E-state index is 0.514. The van der Waals surface area contributed by atoms with Gasteiger partial charge < -0.3 is 0 Å². The molecule has 2 nitrogen and oxygen atoms in total. The average molecular weight is 178 g/mol. The van der Waals surface area contributed by atoms with Gasteiger partial charge in [-0.05, 0) is 25.8 Å². The average Bonchev–Trinajstić information content (AvgIpc) is 2.01. The van der Waals surface area contributed by atoms with E-state index in [1.54, 1.807) is 0 Å². The van der Waals surface area contributed by atoms with E-state index < -0.39 is 0 Å². The van der Waals surface area contributed by atoms with Crippen LogP contribution >= 0.6 is 0 Å². The number of aromatic nitrogens is 2. The van der Waals surface area contributed by atoms with Crippen LogP contribution in [-0.2, 0) is 0 Å². The van der Waals surface area contributed by atoms with Crippen LogP contribution in [0.2, 0.25) is 0 Å². The first kappa shape index (κ1) is 10.2. The molecular weight excluding hydrogens is 160 g/mol. The van der Waals surface area contributed by atoms with Gasteiger partial charge in [0.05, 0.1) is 0 Å². The Morgan fingerprint density at radius 1 is 1.08 bits per heavy atom. The highest BCUT2D eigenvalue weighted by Gasteiger charge is 2.12. The molecule has 2 heteroatoms. The molecule has 1 unspecified atom stereocenters. The summed E-state index contributed by atoms with van der Waals surface area (Å²) < 4.78 is 0. The first-order chi connectivity index (χ1) is 6.00. The van der Waals surface area contributed by atoms with Crippen molar-refractivity contribution in [3.63, 3.8) is 0 Å². The minimum absolute atomic E-state index is 0.514. The van der Waals surface area contributed by atoms with Crippen LogP contribution in [0.25, 0.3) is 0 Å². The first-order valence-corrected chi connectivity index (χ1v) is 4.83. The molecule has 1 aromatic heterocycles. The zero-order valence-electron chi connectivity index (χ0n) is 9.13. The highest BCUT2D eigenvalue weighted by atomic mass is 14.9. The lowest BCUT2D eigenvalue weighted by Crippen LogP contribution is -2.07. The molecule has 1 aromatic rings. The summed E-state index contributed by atoms with van der Waals surface area (Å²) in [6.07, 6.45) is 0. The van der Waals surface area contributed by atoms with Crippen molar-refractivity contribution in [1.82, 2.24) is 9.97 Å². The highest BCUT2D eigenvalue weighted by Crippen LogP contribution is 2.21. The lowest BCUT2D eigenvalue weighted by Gasteiger charge is -2.15. The third-order valence-electron chi connectivity index (χ3n) is 2.45. The number of hydrogen-bond donors (Lipinski definition) is 0. The molecule has 0 N–H and O–H groups in total. The second-order valence-corrected chi connectivity index (χ2v) is 4.01. The zero-order chi connectivity index (χ0) is 10.0. The quantitative estimate of drug-likeness (QED) is 0.696. The molecule has 0 aliphatic heterocycles. The third kappa shape index (κ3) is 2.51. The van der Waals surface area contributed by atoms with Gasteiger partial charge >= 0.3 is 0 Å². The maximum Gasteiger partial charge on any atom is 0.125 e. The maximum atomic E-state index is 4.44. The van der Waals surface area contributed by atoms with Gasteiger partial charge in [-0.25, -0.2) is 9.97 Å². The van der Waals surface area contributed by atoms with Crippen molar-refractivity contribution < 1.29 is 0 Å². The number of rotatable bonds is 2. The van der Waals surface area contributed by atoms with E-state index in [4.69, 9.17) is 0 Å². The summed E-state index contributed by atoms with van der Waals surface area (Å²) in [6.45, 7) is 10.6. The van der Waals surface area contributed by atoms with Crippen LogP contribution in [0.15, 0.2) is 6.07 Å². The fourth-order valence-corrected chi connectivity index (χ4v) is 1.32. The largest absolute Gasteiger partial charge is 0.239 e. The molecule has 0 bridgehead atoms. The van der Waals surface area contributed by atoms with Crippen molar-refractivity contribution in [3.05, 3.63) is 23.3 Å². The summed E-state index contributed by atoms with van der Waals surface area (Å²) in [4.78, 5) is 8.71. The fourth-order valence-electron chi connectivity index (χ4n) is 1.32. The summed E-state index contributed by atoms with van der Waals surface area (Å²) in [5, 5.41) is 0. The SMILES string of the molecule is Cc1cc(C(C)C(C)C)nc(C)n1. The van der Waals surface area contributed by atoms with Crippen LogP contribution < -0.4 is 0 Å². The summed E-state index contributed by atoms with van der Waals surface area (Å²) in [7, 11) is 0. The van der Waals surface area contributed by atoms with Crippen molar-refractivity contribution >= 4 is 0 Å². The van der Waals surface area contributed by atoms with Crippen LogP contribution in [0, 0.1) is 19.8 Å². The molecule has 1 heterocycles. The molecule has 72 valence electrons. The predicted octanol–water partition coefficient (Wildman–Crippen LogP) is 2.85. The van der Waals surface area contributed by atoms with Gasteiger partial charge in [-0.15, -0.1) is 0 Å². The van der Waals surface area contributed by atoms with E-state index in [1.807, 2.05) is 13.8 Å². The van der Waals surface area contributed by atoms with Crippen molar-refractivity contribution in [3.8, 4) is 0 Å². The van der Waals surface area contributed by atoms with Gasteiger partial charge in [-0.3, -0.25) is 0 Å². The Kier molecular flexibility index (Phi) is 3.02. The van der Waals surface area contributed by atoms with Crippen LogP contribution in [0.1, 0.15) is 43.9 Å². The van der Waals surface area contributed by atoms with E-state index in [1.165, 1.54) is 5.69 Å². The molecule has 0 aliphatic rings. The second-order valence-electron chi connectivity index (χ2n) is 4.01. The normalized spacial score (nSPS) is 13.4. The Morgan fingerprint density at radius 2 is 1.69 bits per heavy atom. The molecule has 0 spiro atoms. The smallest absolute Gasteiger partial charge is 0.125 e. The molecule has 0 amide bonds. The minimum Gasteiger partial charge on any atom is -0.239 e. The Morgan fingerprint density at radius 3 is 2.15 bits per heavy atom. The van der Waals surface area contributed by atoms with Gasteiger partial charge in [-0.1, -0.05) is 20.8 Å². The molecule has 13 heavy (non-hydrogen) atoms. The van der Waals surface area contributed by atoms with E-state index in [2.05, 4.69) is 36.8 Å². The molecular formula is C11H18N2. The molecule has 0 saturated heterocycles. The van der Waals surface area contributed by atoms with E-state index in [0.717, 1.165) is 11.5 Å². The predicted molar refractivity (Wildman–Crippen MR) is 54.8 cm³/mol. The van der Waals surface area contributed by atoms with Crippen LogP contribution in [0.5, 0.6) is 0 Å². The monoisotopic (exact) mass is 178 g/mol. The van der Waals surface area contributed by atoms with E-state index in [-0.39, 0.29) is 0 Å². The fraction of sp³-hybridized carbons (Fsp3) is 0.636. The van der Waals surface area contributed by atoms with Crippen molar-refractivity contribution in [2.75, 3.05) is 0 Å². The summed E-state index contributed by atoms with van der Waals surface area (Å²) in [5.74, 6) is 2.02.